The molecule has 0 aliphatic carbocycles. The Kier molecular flexibility index (Phi) is 9.70. The van der Waals surface area contributed by atoms with Crippen molar-refractivity contribution in [3.8, 4) is 55.6 Å². The fourth-order valence-electron chi connectivity index (χ4n) is 7.07. The molecule has 0 saturated carbocycles. The molecule has 0 unspecified atom stereocenters. The second-order valence-electron chi connectivity index (χ2n) is 13.4. The van der Waals surface area contributed by atoms with E-state index in [-0.39, 0.29) is 0 Å². The molecule has 0 atom stereocenters. The first-order valence-electron chi connectivity index (χ1n) is 17.8. The lowest BCUT2D eigenvalue weighted by atomic mass is 9.96. The van der Waals surface area contributed by atoms with Crippen molar-refractivity contribution in [2.45, 2.75) is 13.8 Å². The van der Waals surface area contributed by atoms with E-state index in [9.17, 15) is 0 Å². The second kappa shape index (κ2) is 15.0. The molecule has 0 amide bonds. The van der Waals surface area contributed by atoms with Gasteiger partial charge in [-0.05, 0) is 141 Å². The molecule has 0 N–H and O–H groups in total. The molecule has 0 radical (unpaired) electrons. The van der Waals surface area contributed by atoms with Crippen molar-refractivity contribution in [1.82, 2.24) is 0 Å². The second-order valence-corrected chi connectivity index (χ2v) is 14.3. The van der Waals surface area contributed by atoms with E-state index < -0.39 is 0 Å². The van der Waals surface area contributed by atoms with Gasteiger partial charge in [0.1, 0.15) is 0 Å². The predicted molar refractivity (Wildman–Crippen MR) is 228 cm³/mol. The standard InChI is InChI=1S/C50H37Cl2N/c1-34-32-47(28-30-49(34)42-12-8-37(9-13-42)39-16-22-44(51)23-17-39)53(46-26-20-41(21-27-46)36-6-4-3-5-7-36)48-29-31-50(35(2)33-48)43-14-10-38(11-15-43)40-18-24-45(52)25-19-40/h3-33H,1-2H3. The van der Waals surface area contributed by atoms with Gasteiger partial charge in [0.05, 0.1) is 0 Å². The quantitative estimate of drug-likeness (QED) is 0.151. The summed E-state index contributed by atoms with van der Waals surface area (Å²) in [5.41, 5.74) is 17.6. The van der Waals surface area contributed by atoms with Gasteiger partial charge in [-0.25, -0.2) is 0 Å². The van der Waals surface area contributed by atoms with Crippen molar-refractivity contribution in [3.63, 3.8) is 0 Å². The van der Waals surface area contributed by atoms with Crippen molar-refractivity contribution in [2.75, 3.05) is 4.90 Å². The monoisotopic (exact) mass is 721 g/mol. The van der Waals surface area contributed by atoms with Crippen LogP contribution in [0.1, 0.15) is 11.1 Å². The summed E-state index contributed by atoms with van der Waals surface area (Å²) >= 11 is 12.3. The minimum Gasteiger partial charge on any atom is -0.310 e. The third-order valence-corrected chi connectivity index (χ3v) is 10.4. The average Bonchev–Trinajstić information content (AvgIpc) is 3.20. The third kappa shape index (κ3) is 7.41. The van der Waals surface area contributed by atoms with Gasteiger partial charge in [0.25, 0.3) is 0 Å². The van der Waals surface area contributed by atoms with Gasteiger partial charge in [0.2, 0.25) is 0 Å². The van der Waals surface area contributed by atoms with Gasteiger partial charge < -0.3 is 4.90 Å². The van der Waals surface area contributed by atoms with Crippen molar-refractivity contribution >= 4 is 40.3 Å². The van der Waals surface area contributed by atoms with Crippen LogP contribution in [0.5, 0.6) is 0 Å². The largest absolute Gasteiger partial charge is 0.310 e. The molecule has 256 valence electrons. The summed E-state index contributed by atoms with van der Waals surface area (Å²) in [6.45, 7) is 4.40. The third-order valence-electron chi connectivity index (χ3n) is 9.92. The molecule has 0 heterocycles. The number of rotatable bonds is 8. The lowest BCUT2D eigenvalue weighted by Crippen LogP contribution is -2.10. The minimum atomic E-state index is 0.744. The van der Waals surface area contributed by atoms with Crippen LogP contribution in [-0.2, 0) is 0 Å². The lowest BCUT2D eigenvalue weighted by molar-refractivity contribution is 1.26. The van der Waals surface area contributed by atoms with E-state index in [1.165, 1.54) is 55.6 Å². The Morgan fingerprint density at radius 3 is 0.981 bits per heavy atom. The molecule has 0 saturated heterocycles. The number of anilines is 3. The first-order chi connectivity index (χ1) is 25.9. The van der Waals surface area contributed by atoms with E-state index in [2.05, 4.69) is 183 Å². The molecule has 0 bridgehead atoms. The molecular formula is C50H37Cl2N. The van der Waals surface area contributed by atoms with Crippen LogP contribution < -0.4 is 4.90 Å². The smallest absolute Gasteiger partial charge is 0.0464 e. The maximum absolute atomic E-state index is 6.13. The molecular weight excluding hydrogens is 685 g/mol. The summed E-state index contributed by atoms with van der Waals surface area (Å²) in [5, 5.41) is 1.49. The Morgan fingerprint density at radius 1 is 0.302 bits per heavy atom. The van der Waals surface area contributed by atoms with Crippen LogP contribution in [0.25, 0.3) is 55.6 Å². The fourth-order valence-corrected chi connectivity index (χ4v) is 7.32. The summed E-state index contributed by atoms with van der Waals surface area (Å²) in [4.78, 5) is 2.36. The van der Waals surface area contributed by atoms with Crippen molar-refractivity contribution in [3.05, 3.63) is 209 Å². The molecule has 8 aromatic carbocycles. The molecule has 0 spiro atoms. The minimum absolute atomic E-state index is 0.744. The molecule has 0 fully saturated rings. The lowest BCUT2D eigenvalue weighted by Gasteiger charge is -2.27. The van der Waals surface area contributed by atoms with Crippen molar-refractivity contribution < 1.29 is 0 Å². The van der Waals surface area contributed by atoms with Gasteiger partial charge >= 0.3 is 0 Å². The maximum Gasteiger partial charge on any atom is 0.0464 e. The highest BCUT2D eigenvalue weighted by molar-refractivity contribution is 6.31. The highest BCUT2D eigenvalue weighted by Gasteiger charge is 2.16. The van der Waals surface area contributed by atoms with E-state index in [0.29, 0.717) is 0 Å². The van der Waals surface area contributed by atoms with E-state index >= 15 is 0 Å². The Balaban J connectivity index is 1.13. The van der Waals surface area contributed by atoms with Crippen LogP contribution in [0.3, 0.4) is 0 Å². The number of nitrogens with zero attached hydrogens (tertiary/aromatic N) is 1. The highest BCUT2D eigenvalue weighted by atomic mass is 35.5. The molecule has 0 aliphatic heterocycles. The van der Waals surface area contributed by atoms with Crippen LogP contribution in [0.4, 0.5) is 17.1 Å². The van der Waals surface area contributed by atoms with Gasteiger partial charge in [-0.2, -0.15) is 0 Å². The zero-order chi connectivity index (χ0) is 36.3. The summed E-state index contributed by atoms with van der Waals surface area (Å²) in [6, 6.07) is 66.5. The summed E-state index contributed by atoms with van der Waals surface area (Å²) in [5.74, 6) is 0. The summed E-state index contributed by atoms with van der Waals surface area (Å²) in [7, 11) is 0. The molecule has 53 heavy (non-hydrogen) atoms. The molecule has 0 aromatic heterocycles. The normalized spacial score (nSPS) is 11.0. The number of hydrogen-bond donors (Lipinski definition) is 0. The molecule has 3 heteroatoms. The first-order valence-corrected chi connectivity index (χ1v) is 18.5. The molecule has 1 nitrogen and oxygen atoms in total. The van der Waals surface area contributed by atoms with Crippen molar-refractivity contribution in [2.24, 2.45) is 0 Å². The van der Waals surface area contributed by atoms with E-state index in [0.717, 1.165) is 38.2 Å². The van der Waals surface area contributed by atoms with E-state index in [1.807, 2.05) is 24.3 Å². The van der Waals surface area contributed by atoms with Crippen LogP contribution in [0.15, 0.2) is 188 Å². The van der Waals surface area contributed by atoms with Crippen LogP contribution in [-0.4, -0.2) is 0 Å². The zero-order valence-corrected chi connectivity index (χ0v) is 31.1. The summed E-state index contributed by atoms with van der Waals surface area (Å²) in [6.07, 6.45) is 0. The number of halogens is 2. The zero-order valence-electron chi connectivity index (χ0n) is 29.6. The molecule has 8 aromatic rings. The number of aryl methyl sites for hydroxylation is 2. The SMILES string of the molecule is Cc1cc(N(c2ccc(-c3ccccc3)cc2)c2ccc(-c3ccc(-c4ccc(Cl)cc4)cc3)c(C)c2)ccc1-c1ccc(-c2ccc(Cl)cc2)cc1. The predicted octanol–water partition coefficient (Wildman–Crippen LogP) is 15.4. The van der Waals surface area contributed by atoms with Gasteiger partial charge in [-0.15, -0.1) is 0 Å². The van der Waals surface area contributed by atoms with Gasteiger partial charge in [0.15, 0.2) is 0 Å². The van der Waals surface area contributed by atoms with Crippen LogP contribution in [0, 0.1) is 13.8 Å². The van der Waals surface area contributed by atoms with E-state index in [1.54, 1.807) is 0 Å². The molecule has 0 aliphatic rings. The first kappa shape index (κ1) is 34.2. The Hall–Kier alpha value is -5.86. The Bertz CT molecular complexity index is 2350. The van der Waals surface area contributed by atoms with E-state index in [4.69, 9.17) is 23.2 Å². The van der Waals surface area contributed by atoms with Crippen molar-refractivity contribution in [1.29, 1.82) is 0 Å². The number of benzene rings is 8. The average molecular weight is 723 g/mol. The fraction of sp³-hybridized carbons (Fsp3) is 0.0400. The summed E-state index contributed by atoms with van der Waals surface area (Å²) < 4.78 is 0. The van der Waals surface area contributed by atoms with Crippen LogP contribution in [0.2, 0.25) is 10.0 Å². The molecule has 8 rings (SSSR count). The van der Waals surface area contributed by atoms with Crippen LogP contribution >= 0.6 is 23.2 Å². The van der Waals surface area contributed by atoms with Gasteiger partial charge in [-0.1, -0.05) is 151 Å². The Morgan fingerprint density at radius 2 is 0.604 bits per heavy atom. The number of hydrogen-bond acceptors (Lipinski definition) is 1. The maximum atomic E-state index is 6.13. The Labute approximate surface area is 322 Å². The van der Waals surface area contributed by atoms with Gasteiger partial charge in [-0.3, -0.25) is 0 Å². The topological polar surface area (TPSA) is 3.24 Å². The van der Waals surface area contributed by atoms with Gasteiger partial charge in [0, 0.05) is 27.1 Å². The highest BCUT2D eigenvalue weighted by Crippen LogP contribution is 2.40.